The molecule has 0 rings (SSSR count). The minimum absolute atomic E-state index is 0. The van der Waals surface area contributed by atoms with Crippen molar-refractivity contribution in [2.45, 2.75) is 53.7 Å². The van der Waals surface area contributed by atoms with Crippen molar-refractivity contribution in [1.29, 1.82) is 0 Å². The van der Waals surface area contributed by atoms with Gasteiger partial charge in [0.05, 0.1) is 0 Å². The van der Waals surface area contributed by atoms with E-state index in [1.807, 2.05) is 11.8 Å². The monoisotopic (exact) mass is 176 g/mol. The van der Waals surface area contributed by atoms with Gasteiger partial charge in [-0.1, -0.05) is 49.0 Å². The summed E-state index contributed by atoms with van der Waals surface area (Å²) in [4.78, 5) is 0. The van der Waals surface area contributed by atoms with Gasteiger partial charge in [-0.2, -0.15) is 11.8 Å². The molecule has 70 valence electrons. The van der Waals surface area contributed by atoms with E-state index in [2.05, 4.69) is 41.5 Å². The van der Waals surface area contributed by atoms with Crippen LogP contribution in [-0.4, -0.2) is 10.5 Å². The molecule has 1 heteroatoms. The lowest BCUT2D eigenvalue weighted by molar-refractivity contribution is 0.478. The molecule has 0 fully saturated rings. The van der Waals surface area contributed by atoms with Crippen molar-refractivity contribution in [2.24, 2.45) is 5.41 Å². The van der Waals surface area contributed by atoms with Crippen LogP contribution in [0.1, 0.15) is 49.0 Å². The quantitative estimate of drug-likeness (QED) is 0.577. The largest absolute Gasteiger partial charge is 0.155 e. The van der Waals surface area contributed by atoms with Crippen LogP contribution < -0.4 is 0 Å². The minimum Gasteiger partial charge on any atom is -0.155 e. The molecule has 0 N–H and O–H groups in total. The van der Waals surface area contributed by atoms with Crippen molar-refractivity contribution < 1.29 is 0 Å². The number of hydrogen-bond donors (Lipinski definition) is 0. The van der Waals surface area contributed by atoms with Crippen molar-refractivity contribution in [3.8, 4) is 0 Å². The van der Waals surface area contributed by atoms with Gasteiger partial charge in [0, 0.05) is 4.75 Å². The number of thioether (sulfide) groups is 1. The first-order valence-corrected chi connectivity index (χ1v) is 4.83. The maximum absolute atomic E-state index is 2.28. The molecule has 0 aromatic rings. The van der Waals surface area contributed by atoms with Crippen LogP contribution in [0.4, 0.5) is 0 Å². The van der Waals surface area contributed by atoms with Crippen LogP contribution in [0.2, 0.25) is 0 Å². The van der Waals surface area contributed by atoms with Gasteiger partial charge in [0.1, 0.15) is 0 Å². The van der Waals surface area contributed by atoms with Crippen molar-refractivity contribution in [2.75, 3.05) is 5.75 Å². The van der Waals surface area contributed by atoms with Gasteiger partial charge in [0.25, 0.3) is 0 Å². The zero-order valence-electron chi connectivity index (χ0n) is 8.12. The molecule has 0 heterocycles. The molecule has 0 aliphatic carbocycles. The second kappa shape index (κ2) is 4.39. The van der Waals surface area contributed by atoms with Gasteiger partial charge >= 0.3 is 0 Å². The molecule has 0 spiro atoms. The highest BCUT2D eigenvalue weighted by atomic mass is 32.2. The molecule has 0 saturated heterocycles. The van der Waals surface area contributed by atoms with Crippen molar-refractivity contribution in [1.82, 2.24) is 0 Å². The Hall–Kier alpha value is 0.350. The van der Waals surface area contributed by atoms with Gasteiger partial charge in [-0.3, -0.25) is 0 Å². The second-order valence-electron chi connectivity index (χ2n) is 4.96. The van der Waals surface area contributed by atoms with Crippen LogP contribution in [0.15, 0.2) is 0 Å². The zero-order valence-corrected chi connectivity index (χ0v) is 8.93. The highest BCUT2D eigenvalue weighted by molar-refractivity contribution is 8.00. The van der Waals surface area contributed by atoms with Gasteiger partial charge in [-0.25, -0.2) is 0 Å². The van der Waals surface area contributed by atoms with Crippen LogP contribution >= 0.6 is 11.8 Å². The lowest BCUT2D eigenvalue weighted by Crippen LogP contribution is -2.16. The molecule has 0 aromatic heterocycles. The summed E-state index contributed by atoms with van der Waals surface area (Å²) in [6.45, 7) is 13.7. The van der Waals surface area contributed by atoms with Crippen molar-refractivity contribution in [3.63, 3.8) is 0 Å². The zero-order chi connectivity index (χ0) is 8.41. The van der Waals surface area contributed by atoms with E-state index in [0.29, 0.717) is 10.2 Å². The summed E-state index contributed by atoms with van der Waals surface area (Å²) >= 11 is 2.04. The number of hydrogen-bond acceptors (Lipinski definition) is 1. The predicted octanol–water partition coefficient (Wildman–Crippen LogP) is 4.20. The summed E-state index contributed by atoms with van der Waals surface area (Å²) in [7, 11) is 0. The van der Waals surface area contributed by atoms with Crippen LogP contribution in [0.3, 0.4) is 0 Å². The summed E-state index contributed by atoms with van der Waals surface area (Å²) in [6.07, 6.45) is 0. The Bertz CT molecular complexity index is 78.4. The topological polar surface area (TPSA) is 0 Å². The summed E-state index contributed by atoms with van der Waals surface area (Å²) in [5, 5.41) is 0. The fourth-order valence-corrected chi connectivity index (χ4v) is 1.30. The fraction of sp³-hybridized carbons (Fsp3) is 1.00. The smallest absolute Gasteiger partial charge is 0.00752 e. The molecular formula is C10H24S. The molecule has 11 heavy (non-hydrogen) atoms. The van der Waals surface area contributed by atoms with Crippen LogP contribution in [0, 0.1) is 5.41 Å². The highest BCUT2D eigenvalue weighted by Gasteiger charge is 2.16. The SMILES string of the molecule is C.CC(C)(C)CSC(C)(C)C. The first kappa shape index (κ1) is 13.9. The standard InChI is InChI=1S/C9H20S.CH4/c1-8(2,3)7-10-9(4,5)6;/h7H2,1-6H3;1H4. The fourth-order valence-electron chi connectivity index (χ4n) is 0.433. The van der Waals surface area contributed by atoms with Crippen LogP contribution in [0.25, 0.3) is 0 Å². The predicted molar refractivity (Wildman–Crippen MR) is 58.4 cm³/mol. The van der Waals surface area contributed by atoms with E-state index in [9.17, 15) is 0 Å². The van der Waals surface area contributed by atoms with Gasteiger partial charge < -0.3 is 0 Å². The molecule has 0 unspecified atom stereocenters. The molecular weight excluding hydrogens is 152 g/mol. The third-order valence-electron chi connectivity index (χ3n) is 0.938. The van der Waals surface area contributed by atoms with E-state index in [1.54, 1.807) is 0 Å². The first-order valence-electron chi connectivity index (χ1n) is 3.85. The lowest BCUT2D eigenvalue weighted by atomic mass is 10.0. The van der Waals surface area contributed by atoms with E-state index < -0.39 is 0 Å². The van der Waals surface area contributed by atoms with Crippen molar-refractivity contribution >= 4 is 11.8 Å². The minimum atomic E-state index is 0. The van der Waals surface area contributed by atoms with E-state index >= 15 is 0 Å². The Labute approximate surface area is 77.2 Å². The maximum Gasteiger partial charge on any atom is 0.00752 e. The maximum atomic E-state index is 2.28. The number of rotatable bonds is 1. The molecule has 0 atom stereocenters. The average Bonchev–Trinajstić information content (AvgIpc) is 1.57. The Kier molecular flexibility index (Phi) is 5.56. The molecule has 0 radical (unpaired) electrons. The third kappa shape index (κ3) is 13.4. The van der Waals surface area contributed by atoms with Crippen molar-refractivity contribution in [3.05, 3.63) is 0 Å². The molecule has 0 saturated carbocycles. The second-order valence-corrected chi connectivity index (χ2v) is 6.76. The normalized spacial score (nSPS) is 12.5. The molecule has 0 nitrogen and oxygen atoms in total. The van der Waals surface area contributed by atoms with Gasteiger partial charge in [0.2, 0.25) is 0 Å². The molecule has 0 amide bonds. The van der Waals surface area contributed by atoms with E-state index in [0.717, 1.165) is 0 Å². The summed E-state index contributed by atoms with van der Waals surface area (Å²) in [6, 6.07) is 0. The molecule has 0 bridgehead atoms. The highest BCUT2D eigenvalue weighted by Crippen LogP contribution is 2.30. The van der Waals surface area contributed by atoms with Crippen LogP contribution in [-0.2, 0) is 0 Å². The molecule has 0 aliphatic heterocycles. The first-order chi connectivity index (χ1) is 4.21. The Morgan fingerprint density at radius 2 is 1.27 bits per heavy atom. The van der Waals surface area contributed by atoms with E-state index in [-0.39, 0.29) is 7.43 Å². The summed E-state index contributed by atoms with van der Waals surface area (Å²) in [5.74, 6) is 1.25. The van der Waals surface area contributed by atoms with E-state index in [4.69, 9.17) is 0 Å². The van der Waals surface area contributed by atoms with Gasteiger partial charge in [-0.05, 0) is 11.2 Å². The third-order valence-corrected chi connectivity index (χ3v) is 2.81. The van der Waals surface area contributed by atoms with Crippen LogP contribution in [0.5, 0.6) is 0 Å². The Balaban J connectivity index is 0. The van der Waals surface area contributed by atoms with Gasteiger partial charge in [-0.15, -0.1) is 0 Å². The summed E-state index contributed by atoms with van der Waals surface area (Å²) in [5.41, 5.74) is 0.470. The summed E-state index contributed by atoms with van der Waals surface area (Å²) < 4.78 is 0.424. The lowest BCUT2D eigenvalue weighted by Gasteiger charge is -2.24. The molecule has 0 aliphatic rings. The van der Waals surface area contributed by atoms with Gasteiger partial charge in [0.15, 0.2) is 0 Å². The van der Waals surface area contributed by atoms with E-state index in [1.165, 1.54) is 5.75 Å². The Morgan fingerprint density at radius 3 is 1.36 bits per heavy atom. The molecule has 0 aromatic carbocycles. The Morgan fingerprint density at radius 1 is 0.909 bits per heavy atom. The average molecular weight is 176 g/mol.